The van der Waals surface area contributed by atoms with E-state index >= 15 is 0 Å². The highest BCUT2D eigenvalue weighted by Gasteiger charge is 2.36. The third-order valence-corrected chi connectivity index (χ3v) is 9.93. The molecule has 8 heteroatoms. The molecule has 0 amide bonds. The lowest BCUT2D eigenvalue weighted by Gasteiger charge is -2.42. The van der Waals surface area contributed by atoms with Crippen LogP contribution in [0.1, 0.15) is 82.8 Å². The van der Waals surface area contributed by atoms with Crippen LogP contribution in [0.15, 0.2) is 42.5 Å². The first-order valence-electron chi connectivity index (χ1n) is 16.0. The Bertz CT molecular complexity index is 1240. The molecule has 1 saturated heterocycles. The van der Waals surface area contributed by atoms with Gasteiger partial charge in [-0.3, -0.25) is 9.69 Å². The van der Waals surface area contributed by atoms with Gasteiger partial charge in [0.25, 0.3) is 0 Å². The summed E-state index contributed by atoms with van der Waals surface area (Å²) < 4.78 is 5.81. The number of Topliss-reactive ketones (excluding diaryl/α,β-unsaturated/α-hetero) is 1. The zero-order chi connectivity index (χ0) is 30.8. The van der Waals surface area contributed by atoms with Gasteiger partial charge in [-0.2, -0.15) is 0 Å². The topological polar surface area (TPSA) is 80.5 Å². The Balaban J connectivity index is 1.50. The molecule has 2 aromatic carbocycles. The number of hydrogen-bond acceptors (Lipinski definition) is 6. The Kier molecular flexibility index (Phi) is 12.7. The SMILES string of the molecule is CC(C)Oc1cccc(CC(=O)C(=N)C[C@@](CCC=N)(CCN2CCN(C3CCCCC3)CC2)c2ccc(Cl)c(Cl)c2)c1. The third kappa shape index (κ3) is 9.62. The monoisotopic (exact) mass is 626 g/mol. The Morgan fingerprint density at radius 2 is 1.77 bits per heavy atom. The van der Waals surface area contributed by atoms with Crippen LogP contribution in [0.3, 0.4) is 0 Å². The van der Waals surface area contributed by atoms with Crippen molar-refractivity contribution >= 4 is 40.9 Å². The van der Waals surface area contributed by atoms with E-state index in [-0.39, 0.29) is 24.0 Å². The Labute approximate surface area is 268 Å². The van der Waals surface area contributed by atoms with E-state index in [1.54, 1.807) is 0 Å². The molecule has 1 heterocycles. The maximum Gasteiger partial charge on any atom is 0.180 e. The summed E-state index contributed by atoms with van der Waals surface area (Å²) in [5.41, 5.74) is 1.41. The summed E-state index contributed by atoms with van der Waals surface area (Å²) in [6.45, 7) is 9.07. The van der Waals surface area contributed by atoms with Crippen LogP contribution in [0, 0.1) is 10.8 Å². The second-order valence-corrected chi connectivity index (χ2v) is 13.5. The van der Waals surface area contributed by atoms with Gasteiger partial charge in [0.1, 0.15) is 5.75 Å². The zero-order valence-corrected chi connectivity index (χ0v) is 27.4. The molecule has 0 bridgehead atoms. The number of halogens is 2. The minimum absolute atomic E-state index is 0.0418. The fourth-order valence-corrected chi connectivity index (χ4v) is 7.07. The Hall–Kier alpha value is -2.25. The van der Waals surface area contributed by atoms with Crippen LogP contribution >= 0.6 is 23.2 Å². The molecule has 0 aromatic heterocycles. The molecule has 6 nitrogen and oxygen atoms in total. The molecule has 0 spiro atoms. The predicted molar refractivity (Wildman–Crippen MR) is 179 cm³/mol. The molecule has 1 atom stereocenters. The lowest BCUT2D eigenvalue weighted by atomic mass is 9.69. The first-order valence-corrected chi connectivity index (χ1v) is 16.7. The number of ether oxygens (including phenoxy) is 1. The molecule has 4 rings (SSSR count). The number of piperazine rings is 1. The Morgan fingerprint density at radius 1 is 1.02 bits per heavy atom. The number of carbonyl (C=O) groups excluding carboxylic acids is 1. The van der Waals surface area contributed by atoms with Crippen molar-refractivity contribution in [3.8, 4) is 5.75 Å². The van der Waals surface area contributed by atoms with E-state index in [0.29, 0.717) is 29.3 Å². The van der Waals surface area contributed by atoms with Crippen molar-refractivity contribution < 1.29 is 9.53 Å². The van der Waals surface area contributed by atoms with E-state index in [2.05, 4.69) is 9.80 Å². The van der Waals surface area contributed by atoms with E-state index in [4.69, 9.17) is 38.8 Å². The van der Waals surface area contributed by atoms with E-state index in [9.17, 15) is 4.79 Å². The summed E-state index contributed by atoms with van der Waals surface area (Å²) in [7, 11) is 0. The fraction of sp³-hybridized carbons (Fsp3) is 0.571. The molecular formula is C35H48Cl2N4O2. The molecular weight excluding hydrogens is 579 g/mol. The van der Waals surface area contributed by atoms with Crippen molar-refractivity contribution in [2.45, 2.75) is 95.6 Å². The van der Waals surface area contributed by atoms with Gasteiger partial charge in [-0.1, -0.05) is 60.7 Å². The molecule has 43 heavy (non-hydrogen) atoms. The quantitative estimate of drug-likeness (QED) is 0.196. The maximum absolute atomic E-state index is 13.5. The second kappa shape index (κ2) is 16.2. The summed E-state index contributed by atoms with van der Waals surface area (Å²) in [6.07, 6.45) is 10.6. The summed E-state index contributed by atoms with van der Waals surface area (Å²) in [4.78, 5) is 18.7. The van der Waals surface area contributed by atoms with Crippen molar-refractivity contribution in [1.29, 1.82) is 10.8 Å². The van der Waals surface area contributed by atoms with Gasteiger partial charge in [0.05, 0.1) is 21.9 Å². The predicted octanol–water partition coefficient (Wildman–Crippen LogP) is 8.01. The number of nitrogens with one attached hydrogen (secondary N) is 2. The number of hydrogen-bond donors (Lipinski definition) is 2. The largest absolute Gasteiger partial charge is 0.491 e. The van der Waals surface area contributed by atoms with Gasteiger partial charge in [-0.15, -0.1) is 0 Å². The normalized spacial score (nSPS) is 18.3. The van der Waals surface area contributed by atoms with Crippen LogP contribution in [0.2, 0.25) is 10.0 Å². The minimum Gasteiger partial charge on any atom is -0.491 e. The fourth-order valence-electron chi connectivity index (χ4n) is 6.77. The van der Waals surface area contributed by atoms with Gasteiger partial charge >= 0.3 is 0 Å². The molecule has 1 aliphatic heterocycles. The number of nitrogens with zero attached hydrogens (tertiary/aromatic N) is 2. The molecule has 1 saturated carbocycles. The van der Waals surface area contributed by atoms with Crippen molar-refractivity contribution in [3.63, 3.8) is 0 Å². The minimum atomic E-state index is -0.512. The molecule has 1 aliphatic carbocycles. The van der Waals surface area contributed by atoms with Crippen LogP contribution in [0.25, 0.3) is 0 Å². The van der Waals surface area contributed by atoms with Crippen molar-refractivity contribution in [3.05, 3.63) is 63.6 Å². The number of carbonyl (C=O) groups is 1. The molecule has 2 fully saturated rings. The van der Waals surface area contributed by atoms with Gasteiger partial charge in [-0.05, 0) is 94.1 Å². The van der Waals surface area contributed by atoms with Crippen molar-refractivity contribution in [2.24, 2.45) is 0 Å². The smallest absolute Gasteiger partial charge is 0.180 e. The van der Waals surface area contributed by atoms with E-state index < -0.39 is 5.41 Å². The third-order valence-electron chi connectivity index (χ3n) is 9.19. The van der Waals surface area contributed by atoms with Crippen LogP contribution in [0.4, 0.5) is 0 Å². The zero-order valence-electron chi connectivity index (χ0n) is 25.8. The van der Waals surface area contributed by atoms with Gasteiger partial charge in [0, 0.05) is 50.5 Å². The van der Waals surface area contributed by atoms with E-state index in [1.165, 1.54) is 38.3 Å². The van der Waals surface area contributed by atoms with Crippen molar-refractivity contribution in [1.82, 2.24) is 9.80 Å². The number of benzene rings is 2. The van der Waals surface area contributed by atoms with Crippen LogP contribution in [0.5, 0.6) is 5.75 Å². The molecule has 2 aromatic rings. The highest BCUT2D eigenvalue weighted by molar-refractivity contribution is 6.42. The van der Waals surface area contributed by atoms with E-state index in [1.807, 2.05) is 56.3 Å². The Morgan fingerprint density at radius 3 is 2.44 bits per heavy atom. The lowest BCUT2D eigenvalue weighted by molar-refractivity contribution is -0.112. The summed E-state index contributed by atoms with van der Waals surface area (Å²) in [5.74, 6) is 0.536. The lowest BCUT2D eigenvalue weighted by Crippen LogP contribution is -2.51. The standard InChI is InChI=1S/C35H48Cl2N4O2/c1-26(2)43-30-11-6-8-27(22-30)23-34(42)33(39)25-35(14-7-16-38,28-12-13-31(36)32(37)24-28)15-17-40-18-20-41(21-19-40)29-9-4-3-5-10-29/h6,8,11-13,16,22,24,26,29,38-39H,3-5,7,9-10,14-15,17-21,23,25H2,1-2H3/t35-/m1/s1. The summed E-state index contributed by atoms with van der Waals surface area (Å²) in [6, 6.07) is 14.0. The van der Waals surface area contributed by atoms with Crippen LogP contribution in [-0.4, -0.2) is 72.4 Å². The maximum atomic E-state index is 13.5. The van der Waals surface area contributed by atoms with Gasteiger partial charge in [-0.25, -0.2) is 0 Å². The molecule has 234 valence electrons. The van der Waals surface area contributed by atoms with Crippen molar-refractivity contribution in [2.75, 3.05) is 32.7 Å². The summed E-state index contributed by atoms with van der Waals surface area (Å²) >= 11 is 12.8. The van der Waals surface area contributed by atoms with Gasteiger partial charge < -0.3 is 20.5 Å². The van der Waals surface area contributed by atoms with Crippen LogP contribution < -0.4 is 4.74 Å². The average molecular weight is 628 g/mol. The molecule has 0 radical (unpaired) electrons. The first-order chi connectivity index (χ1) is 20.7. The average Bonchev–Trinajstić information content (AvgIpc) is 3.00. The van der Waals surface area contributed by atoms with Gasteiger partial charge in [0.15, 0.2) is 5.78 Å². The molecule has 0 unspecified atom stereocenters. The number of rotatable bonds is 15. The molecule has 2 N–H and O–H groups in total. The summed E-state index contributed by atoms with van der Waals surface area (Å²) in [5, 5.41) is 17.8. The first kappa shape index (κ1) is 33.6. The van der Waals surface area contributed by atoms with Crippen LogP contribution in [-0.2, 0) is 16.6 Å². The van der Waals surface area contributed by atoms with Gasteiger partial charge in [0.2, 0.25) is 0 Å². The highest BCUT2D eigenvalue weighted by Crippen LogP contribution is 2.40. The number of ketones is 1. The molecule has 2 aliphatic rings. The second-order valence-electron chi connectivity index (χ2n) is 12.6. The highest BCUT2D eigenvalue weighted by atomic mass is 35.5. The van der Waals surface area contributed by atoms with E-state index in [0.717, 1.165) is 62.1 Å².